The van der Waals surface area contributed by atoms with Crippen LogP contribution in [-0.2, 0) is 9.53 Å². The molecule has 0 aliphatic heterocycles. The fraction of sp³-hybridized carbons (Fsp3) is 0.538. The number of anilines is 1. The Kier molecular flexibility index (Phi) is 5.50. The van der Waals surface area contributed by atoms with Crippen molar-refractivity contribution < 1.29 is 14.3 Å². The van der Waals surface area contributed by atoms with Gasteiger partial charge in [-0.1, -0.05) is 13.8 Å². The fourth-order valence-electron chi connectivity index (χ4n) is 1.53. The minimum absolute atomic E-state index is 0.167. The van der Waals surface area contributed by atoms with Crippen LogP contribution in [0.4, 0.5) is 5.00 Å². The van der Waals surface area contributed by atoms with Gasteiger partial charge >= 0.3 is 5.97 Å². The van der Waals surface area contributed by atoms with E-state index in [0.717, 1.165) is 10.4 Å². The summed E-state index contributed by atoms with van der Waals surface area (Å²) >= 11 is 1.39. The Hall–Kier alpha value is -1.40. The van der Waals surface area contributed by atoms with Gasteiger partial charge in [-0.25, -0.2) is 4.79 Å². The van der Waals surface area contributed by atoms with Gasteiger partial charge < -0.3 is 15.4 Å². The predicted octanol–water partition coefficient (Wildman–Crippen LogP) is 2.09. The number of nitrogens with one attached hydrogen (secondary N) is 2. The lowest BCUT2D eigenvalue weighted by Gasteiger charge is -2.09. The van der Waals surface area contributed by atoms with Gasteiger partial charge in [0.2, 0.25) is 5.91 Å². The average Bonchev–Trinajstić information content (AvgIpc) is 2.61. The molecule has 1 amide bonds. The molecule has 19 heavy (non-hydrogen) atoms. The first-order valence-corrected chi connectivity index (χ1v) is 6.90. The molecule has 0 atom stereocenters. The molecule has 2 N–H and O–H groups in total. The number of aryl methyl sites for hydroxylation is 1. The van der Waals surface area contributed by atoms with E-state index in [1.54, 1.807) is 0 Å². The first-order valence-electron chi connectivity index (χ1n) is 6.08. The number of esters is 1. The van der Waals surface area contributed by atoms with E-state index in [0.29, 0.717) is 10.6 Å². The minimum atomic E-state index is -0.422. The Morgan fingerprint density at radius 2 is 1.95 bits per heavy atom. The standard InChI is InChI=1S/C13H20N2O3S/c1-7(2)14-6-10(16)15-12-11(13(17)18-5)8(3)9(4)19-12/h7,14H,6H2,1-5H3,(H,15,16). The quantitative estimate of drug-likeness (QED) is 0.812. The third-order valence-corrected chi connectivity index (χ3v) is 3.82. The molecule has 0 aliphatic carbocycles. The normalized spacial score (nSPS) is 10.6. The van der Waals surface area contributed by atoms with Crippen LogP contribution in [0.5, 0.6) is 0 Å². The van der Waals surface area contributed by atoms with E-state index < -0.39 is 5.97 Å². The lowest BCUT2D eigenvalue weighted by atomic mass is 10.1. The van der Waals surface area contributed by atoms with Crippen molar-refractivity contribution in [3.8, 4) is 0 Å². The summed E-state index contributed by atoms with van der Waals surface area (Å²) < 4.78 is 4.75. The molecular formula is C13H20N2O3S. The van der Waals surface area contributed by atoms with Crippen LogP contribution in [0.2, 0.25) is 0 Å². The molecular weight excluding hydrogens is 264 g/mol. The summed E-state index contributed by atoms with van der Waals surface area (Å²) in [6.07, 6.45) is 0. The highest BCUT2D eigenvalue weighted by molar-refractivity contribution is 7.16. The van der Waals surface area contributed by atoms with Crippen LogP contribution in [0.3, 0.4) is 0 Å². The van der Waals surface area contributed by atoms with Crippen LogP contribution >= 0.6 is 11.3 Å². The highest BCUT2D eigenvalue weighted by Crippen LogP contribution is 2.32. The zero-order chi connectivity index (χ0) is 14.6. The van der Waals surface area contributed by atoms with Crippen LogP contribution in [0.15, 0.2) is 0 Å². The third-order valence-electron chi connectivity index (χ3n) is 2.70. The summed E-state index contributed by atoms with van der Waals surface area (Å²) in [5, 5.41) is 6.34. The second-order valence-corrected chi connectivity index (χ2v) is 5.79. The monoisotopic (exact) mass is 284 g/mol. The third kappa shape index (κ3) is 4.04. The Morgan fingerprint density at radius 3 is 2.47 bits per heavy atom. The molecule has 6 heteroatoms. The molecule has 106 valence electrons. The molecule has 0 spiro atoms. The van der Waals surface area contributed by atoms with E-state index in [-0.39, 0.29) is 18.5 Å². The summed E-state index contributed by atoms with van der Waals surface area (Å²) in [6, 6.07) is 0.234. The molecule has 1 rings (SSSR count). The first-order chi connectivity index (χ1) is 8.86. The molecule has 1 heterocycles. The number of hydrogen-bond donors (Lipinski definition) is 2. The van der Waals surface area contributed by atoms with Crippen molar-refractivity contribution in [2.75, 3.05) is 19.0 Å². The topological polar surface area (TPSA) is 67.4 Å². The van der Waals surface area contributed by atoms with Crippen LogP contribution in [0, 0.1) is 13.8 Å². The molecule has 0 bridgehead atoms. The first kappa shape index (κ1) is 15.7. The second kappa shape index (κ2) is 6.68. The van der Waals surface area contributed by atoms with Gasteiger partial charge in [0.15, 0.2) is 0 Å². The molecule has 1 aromatic heterocycles. The number of carbonyl (C=O) groups is 2. The Bertz CT molecular complexity index is 480. The largest absolute Gasteiger partial charge is 0.465 e. The van der Waals surface area contributed by atoms with Gasteiger partial charge in [-0.05, 0) is 19.4 Å². The molecule has 0 saturated carbocycles. The van der Waals surface area contributed by atoms with Gasteiger partial charge in [0.1, 0.15) is 5.00 Å². The van der Waals surface area contributed by atoms with Gasteiger partial charge in [0.05, 0.1) is 19.2 Å². The van der Waals surface area contributed by atoms with Crippen molar-refractivity contribution in [1.29, 1.82) is 0 Å². The van der Waals surface area contributed by atoms with Crippen molar-refractivity contribution in [2.24, 2.45) is 0 Å². The van der Waals surface area contributed by atoms with Gasteiger partial charge in [0.25, 0.3) is 0 Å². The lowest BCUT2D eigenvalue weighted by Crippen LogP contribution is -2.32. The fourth-order valence-corrected chi connectivity index (χ4v) is 2.60. The Labute approximate surface area is 117 Å². The number of thiophene rings is 1. The summed E-state index contributed by atoms with van der Waals surface area (Å²) in [7, 11) is 1.33. The highest BCUT2D eigenvalue weighted by atomic mass is 32.1. The number of ether oxygens (including phenoxy) is 1. The zero-order valence-electron chi connectivity index (χ0n) is 11.9. The summed E-state index contributed by atoms with van der Waals surface area (Å²) in [6.45, 7) is 7.90. The smallest absolute Gasteiger partial charge is 0.341 e. The van der Waals surface area contributed by atoms with Gasteiger partial charge in [0, 0.05) is 10.9 Å². The Morgan fingerprint density at radius 1 is 1.32 bits per heavy atom. The maximum Gasteiger partial charge on any atom is 0.341 e. The number of hydrogen-bond acceptors (Lipinski definition) is 5. The summed E-state index contributed by atoms with van der Waals surface area (Å²) in [4.78, 5) is 24.5. The molecule has 0 aliphatic rings. The maximum absolute atomic E-state index is 11.8. The van der Waals surface area contributed by atoms with Crippen LogP contribution in [-0.4, -0.2) is 31.6 Å². The van der Waals surface area contributed by atoms with Crippen LogP contribution in [0.1, 0.15) is 34.6 Å². The van der Waals surface area contributed by atoms with E-state index in [4.69, 9.17) is 4.74 Å². The van der Waals surface area contributed by atoms with Crippen molar-refractivity contribution in [1.82, 2.24) is 5.32 Å². The Balaban J connectivity index is 2.86. The van der Waals surface area contributed by atoms with Crippen molar-refractivity contribution in [3.63, 3.8) is 0 Å². The molecule has 5 nitrogen and oxygen atoms in total. The molecule has 1 aromatic rings. The predicted molar refractivity (Wildman–Crippen MR) is 76.9 cm³/mol. The van der Waals surface area contributed by atoms with E-state index in [2.05, 4.69) is 10.6 Å². The van der Waals surface area contributed by atoms with E-state index >= 15 is 0 Å². The van der Waals surface area contributed by atoms with Gasteiger partial charge in [-0.15, -0.1) is 11.3 Å². The van der Waals surface area contributed by atoms with E-state index in [9.17, 15) is 9.59 Å². The number of amides is 1. The van der Waals surface area contributed by atoms with Crippen molar-refractivity contribution in [2.45, 2.75) is 33.7 Å². The lowest BCUT2D eigenvalue weighted by molar-refractivity contribution is -0.115. The molecule has 0 saturated heterocycles. The van der Waals surface area contributed by atoms with E-state index in [1.807, 2.05) is 27.7 Å². The van der Waals surface area contributed by atoms with Crippen molar-refractivity contribution >= 4 is 28.2 Å². The molecule has 0 aromatic carbocycles. The van der Waals surface area contributed by atoms with Crippen LogP contribution < -0.4 is 10.6 Å². The average molecular weight is 284 g/mol. The minimum Gasteiger partial charge on any atom is -0.465 e. The number of rotatable bonds is 5. The van der Waals surface area contributed by atoms with Gasteiger partial charge in [-0.2, -0.15) is 0 Å². The summed E-state index contributed by atoms with van der Waals surface area (Å²) in [5.74, 6) is -0.589. The summed E-state index contributed by atoms with van der Waals surface area (Å²) in [5.41, 5.74) is 1.30. The molecule has 0 fully saturated rings. The molecule has 0 unspecified atom stereocenters. The maximum atomic E-state index is 11.8. The van der Waals surface area contributed by atoms with Gasteiger partial charge in [-0.3, -0.25) is 4.79 Å². The SMILES string of the molecule is COC(=O)c1c(NC(=O)CNC(C)C)sc(C)c1C. The van der Waals surface area contributed by atoms with E-state index in [1.165, 1.54) is 18.4 Å². The van der Waals surface area contributed by atoms with Crippen LogP contribution in [0.25, 0.3) is 0 Å². The zero-order valence-corrected chi connectivity index (χ0v) is 12.7. The second-order valence-electron chi connectivity index (χ2n) is 4.56. The van der Waals surface area contributed by atoms with Crippen molar-refractivity contribution in [3.05, 3.63) is 16.0 Å². The number of methoxy groups -OCH3 is 1. The number of carbonyl (C=O) groups excluding carboxylic acids is 2. The highest BCUT2D eigenvalue weighted by Gasteiger charge is 2.21. The molecule has 0 radical (unpaired) electrons.